The van der Waals surface area contributed by atoms with E-state index in [0.717, 1.165) is 51.2 Å². The van der Waals surface area contributed by atoms with E-state index in [2.05, 4.69) is 21.2 Å². The second-order valence-electron chi connectivity index (χ2n) is 10.7. The van der Waals surface area contributed by atoms with Crippen molar-refractivity contribution in [1.29, 1.82) is 0 Å². The van der Waals surface area contributed by atoms with Gasteiger partial charge in [-0.05, 0) is 75.1 Å². The topological polar surface area (TPSA) is 86.8 Å². The van der Waals surface area contributed by atoms with Gasteiger partial charge in [0.05, 0.1) is 10.6 Å². The number of benzene rings is 3. The highest BCUT2D eigenvalue weighted by Gasteiger charge is 2.34. The summed E-state index contributed by atoms with van der Waals surface area (Å²) >= 11 is 3.41. The number of carbonyl (C=O) groups is 2. The Labute approximate surface area is 252 Å². The second kappa shape index (κ2) is 13.7. The number of carbonyl (C=O) groups excluding carboxylic acids is 2. The molecule has 41 heavy (non-hydrogen) atoms. The van der Waals surface area contributed by atoms with Gasteiger partial charge in [-0.2, -0.15) is 0 Å². The monoisotopic (exact) mass is 639 g/mol. The largest absolute Gasteiger partial charge is 0.352 e. The number of hydrogen-bond donors (Lipinski definition) is 1. The molecule has 3 aromatic carbocycles. The number of hydrogen-bond acceptors (Lipinski definition) is 4. The lowest BCUT2D eigenvalue weighted by atomic mass is 10.1. The highest BCUT2D eigenvalue weighted by Crippen LogP contribution is 2.27. The van der Waals surface area contributed by atoms with Gasteiger partial charge in [0.2, 0.25) is 11.8 Å². The molecular formula is C32H38BrN3O4S. The summed E-state index contributed by atoms with van der Waals surface area (Å²) in [4.78, 5) is 29.4. The molecular weight excluding hydrogens is 602 g/mol. The van der Waals surface area contributed by atoms with Gasteiger partial charge in [0.15, 0.2) is 0 Å². The molecule has 0 spiro atoms. The molecule has 1 aliphatic carbocycles. The first-order valence-corrected chi connectivity index (χ1v) is 16.3. The van der Waals surface area contributed by atoms with Crippen LogP contribution in [0.2, 0.25) is 0 Å². The Morgan fingerprint density at radius 3 is 2.22 bits per heavy atom. The molecule has 218 valence electrons. The van der Waals surface area contributed by atoms with Crippen molar-refractivity contribution < 1.29 is 18.0 Å². The van der Waals surface area contributed by atoms with E-state index in [4.69, 9.17) is 0 Å². The van der Waals surface area contributed by atoms with Crippen LogP contribution in [-0.2, 0) is 26.2 Å². The summed E-state index contributed by atoms with van der Waals surface area (Å²) in [6, 6.07) is 20.6. The van der Waals surface area contributed by atoms with Crippen LogP contribution in [0.15, 0.2) is 82.2 Å². The Balaban J connectivity index is 1.71. The van der Waals surface area contributed by atoms with E-state index >= 15 is 0 Å². The van der Waals surface area contributed by atoms with Gasteiger partial charge in [0.25, 0.3) is 10.0 Å². The van der Waals surface area contributed by atoms with Crippen molar-refractivity contribution >= 4 is 43.5 Å². The van der Waals surface area contributed by atoms with Crippen LogP contribution in [0, 0.1) is 13.8 Å². The Hall–Kier alpha value is -3.17. The first kappa shape index (κ1) is 30.8. The SMILES string of the molecule is CC[C@H](C(=O)NC1CCCC1)N(Cc1cccc(C)c1)C(=O)CN(c1ccc(Br)cc1)S(=O)(=O)c1ccc(C)cc1. The van der Waals surface area contributed by atoms with Crippen LogP contribution >= 0.6 is 15.9 Å². The molecule has 1 saturated carbocycles. The standard InChI is InChI=1S/C32H38BrN3O4S/c1-4-30(32(38)34-27-10-5-6-11-27)35(21-25-9-7-8-24(3)20-25)31(37)22-36(28-16-14-26(33)15-17-28)41(39,40)29-18-12-23(2)13-19-29/h7-9,12-20,27,30H,4-6,10-11,21-22H2,1-3H3,(H,34,38)/t30-/m1/s1. The zero-order chi connectivity index (χ0) is 29.6. The fraction of sp³-hybridized carbons (Fsp3) is 0.375. The van der Waals surface area contributed by atoms with Gasteiger partial charge < -0.3 is 10.2 Å². The summed E-state index contributed by atoms with van der Waals surface area (Å²) in [5, 5.41) is 3.15. The minimum Gasteiger partial charge on any atom is -0.352 e. The maximum atomic E-state index is 14.2. The Kier molecular flexibility index (Phi) is 10.3. The van der Waals surface area contributed by atoms with E-state index in [-0.39, 0.29) is 23.4 Å². The molecule has 2 amide bonds. The lowest BCUT2D eigenvalue weighted by Gasteiger charge is -2.34. The molecule has 1 N–H and O–H groups in total. The number of halogens is 1. The molecule has 0 bridgehead atoms. The van der Waals surface area contributed by atoms with Crippen LogP contribution in [0.3, 0.4) is 0 Å². The molecule has 4 rings (SSSR count). The third-order valence-corrected chi connectivity index (χ3v) is 9.84. The highest BCUT2D eigenvalue weighted by atomic mass is 79.9. The predicted molar refractivity (Wildman–Crippen MR) is 166 cm³/mol. The number of rotatable bonds is 11. The van der Waals surface area contributed by atoms with Crippen LogP contribution in [0.5, 0.6) is 0 Å². The van der Waals surface area contributed by atoms with Gasteiger partial charge in [-0.1, -0.05) is 83.2 Å². The van der Waals surface area contributed by atoms with Gasteiger partial charge in [-0.25, -0.2) is 8.42 Å². The Bertz CT molecular complexity index is 1450. The lowest BCUT2D eigenvalue weighted by molar-refractivity contribution is -0.140. The van der Waals surface area contributed by atoms with Crippen molar-refractivity contribution in [2.75, 3.05) is 10.8 Å². The van der Waals surface area contributed by atoms with Gasteiger partial charge in [-0.15, -0.1) is 0 Å². The molecule has 0 heterocycles. The van der Waals surface area contributed by atoms with E-state index < -0.39 is 28.5 Å². The van der Waals surface area contributed by atoms with E-state index in [1.54, 1.807) is 48.5 Å². The molecule has 9 heteroatoms. The number of aryl methyl sites for hydroxylation is 2. The number of sulfonamides is 1. The summed E-state index contributed by atoms with van der Waals surface area (Å²) in [7, 11) is -4.09. The van der Waals surface area contributed by atoms with Crippen LogP contribution in [0.4, 0.5) is 5.69 Å². The molecule has 7 nitrogen and oxygen atoms in total. The van der Waals surface area contributed by atoms with Crippen molar-refractivity contribution in [3.05, 3.63) is 94.0 Å². The number of nitrogens with zero attached hydrogens (tertiary/aromatic N) is 2. The summed E-state index contributed by atoms with van der Waals surface area (Å²) < 4.78 is 29.8. The lowest BCUT2D eigenvalue weighted by Crippen LogP contribution is -2.53. The van der Waals surface area contributed by atoms with Crippen molar-refractivity contribution in [1.82, 2.24) is 10.2 Å². The number of nitrogens with one attached hydrogen (secondary N) is 1. The minimum absolute atomic E-state index is 0.0927. The molecule has 1 fully saturated rings. The summed E-state index contributed by atoms with van der Waals surface area (Å²) in [6.07, 6.45) is 4.42. The maximum absolute atomic E-state index is 14.2. The summed E-state index contributed by atoms with van der Waals surface area (Å²) in [5.74, 6) is -0.643. The average Bonchev–Trinajstić information content (AvgIpc) is 3.45. The quantitative estimate of drug-likeness (QED) is 0.274. The third-order valence-electron chi connectivity index (χ3n) is 7.53. The molecule has 0 aliphatic heterocycles. The molecule has 0 saturated heterocycles. The molecule has 3 aromatic rings. The third kappa shape index (κ3) is 7.77. The first-order valence-electron chi connectivity index (χ1n) is 14.1. The molecule has 1 aliphatic rings. The van der Waals surface area contributed by atoms with Gasteiger partial charge in [0.1, 0.15) is 12.6 Å². The van der Waals surface area contributed by atoms with Gasteiger partial charge >= 0.3 is 0 Å². The van der Waals surface area contributed by atoms with E-state index in [1.807, 2.05) is 45.0 Å². The Morgan fingerprint density at radius 2 is 1.61 bits per heavy atom. The first-order chi connectivity index (χ1) is 19.6. The predicted octanol–water partition coefficient (Wildman–Crippen LogP) is 6.13. The van der Waals surface area contributed by atoms with Crippen molar-refractivity contribution in [3.63, 3.8) is 0 Å². The molecule has 0 radical (unpaired) electrons. The molecule has 0 aromatic heterocycles. The summed E-state index contributed by atoms with van der Waals surface area (Å²) in [6.45, 7) is 5.48. The molecule has 1 atom stereocenters. The highest BCUT2D eigenvalue weighted by molar-refractivity contribution is 9.10. The fourth-order valence-corrected chi connectivity index (χ4v) is 6.95. The second-order valence-corrected chi connectivity index (χ2v) is 13.5. The zero-order valence-corrected chi connectivity index (χ0v) is 26.2. The van der Waals surface area contributed by atoms with Crippen LogP contribution in [0.1, 0.15) is 55.7 Å². The number of amides is 2. The smallest absolute Gasteiger partial charge is 0.264 e. The average molecular weight is 641 g/mol. The number of anilines is 1. The van der Waals surface area contributed by atoms with E-state index in [1.165, 1.54) is 4.90 Å². The van der Waals surface area contributed by atoms with Crippen LogP contribution in [0.25, 0.3) is 0 Å². The van der Waals surface area contributed by atoms with Gasteiger partial charge in [-0.3, -0.25) is 13.9 Å². The summed E-state index contributed by atoms with van der Waals surface area (Å²) in [5.41, 5.74) is 3.21. The van der Waals surface area contributed by atoms with E-state index in [0.29, 0.717) is 12.1 Å². The maximum Gasteiger partial charge on any atom is 0.264 e. The normalized spacial score (nSPS) is 14.4. The van der Waals surface area contributed by atoms with Crippen molar-refractivity contribution in [3.8, 4) is 0 Å². The van der Waals surface area contributed by atoms with Crippen LogP contribution < -0.4 is 9.62 Å². The molecule has 0 unspecified atom stereocenters. The minimum atomic E-state index is -4.09. The van der Waals surface area contributed by atoms with Crippen molar-refractivity contribution in [2.24, 2.45) is 0 Å². The fourth-order valence-electron chi connectivity index (χ4n) is 5.27. The van der Waals surface area contributed by atoms with Gasteiger partial charge in [0, 0.05) is 17.1 Å². The van der Waals surface area contributed by atoms with Crippen molar-refractivity contribution in [2.45, 2.75) is 76.4 Å². The van der Waals surface area contributed by atoms with Crippen LogP contribution in [-0.4, -0.2) is 43.8 Å². The zero-order valence-electron chi connectivity index (χ0n) is 23.8. The van der Waals surface area contributed by atoms with E-state index in [9.17, 15) is 18.0 Å². The Morgan fingerprint density at radius 1 is 0.951 bits per heavy atom.